The van der Waals surface area contributed by atoms with E-state index in [2.05, 4.69) is 26.1 Å². The largest absolute Gasteiger partial charge is 0.314 e. The average molecular weight is 287 g/mol. The summed E-state index contributed by atoms with van der Waals surface area (Å²) in [5, 5.41) is 3.63. The maximum absolute atomic E-state index is 4.85. The van der Waals surface area contributed by atoms with Gasteiger partial charge in [-0.05, 0) is 64.0 Å². The Hall–Kier alpha value is -0.960. The topological polar surface area (TPSA) is 37.8 Å². The van der Waals surface area contributed by atoms with Crippen LogP contribution in [0.2, 0.25) is 0 Å². The molecule has 0 aromatic carbocycles. The van der Waals surface area contributed by atoms with E-state index in [1.165, 1.54) is 55.5 Å². The molecule has 2 aliphatic carbocycles. The van der Waals surface area contributed by atoms with E-state index in [1.807, 2.05) is 0 Å². The molecule has 0 amide bonds. The van der Waals surface area contributed by atoms with Crippen molar-refractivity contribution in [1.29, 1.82) is 0 Å². The van der Waals surface area contributed by atoms with Crippen LogP contribution in [0.3, 0.4) is 0 Å². The Labute approximate surface area is 129 Å². The molecule has 1 N–H and O–H groups in total. The van der Waals surface area contributed by atoms with Gasteiger partial charge in [-0.2, -0.15) is 0 Å². The normalized spacial score (nSPS) is 20.9. The summed E-state index contributed by atoms with van der Waals surface area (Å²) in [6.45, 7) is 7.79. The van der Waals surface area contributed by atoms with Gasteiger partial charge in [-0.1, -0.05) is 19.8 Å². The SMILES string of the molecule is Cc1nc(C2CCCC2)nc(C)c1CC(C)CNC1CC1. The molecular formula is C18H29N3. The van der Waals surface area contributed by atoms with Crippen molar-refractivity contribution in [3.8, 4) is 0 Å². The number of aromatic nitrogens is 2. The minimum atomic E-state index is 0.616. The van der Waals surface area contributed by atoms with Gasteiger partial charge in [0.2, 0.25) is 0 Å². The Kier molecular flexibility index (Phi) is 4.58. The van der Waals surface area contributed by atoms with Crippen LogP contribution < -0.4 is 5.32 Å². The highest BCUT2D eigenvalue weighted by molar-refractivity contribution is 5.26. The zero-order valence-electron chi connectivity index (χ0n) is 13.8. The Balaban J connectivity index is 1.66. The van der Waals surface area contributed by atoms with Gasteiger partial charge in [-0.3, -0.25) is 0 Å². The third kappa shape index (κ3) is 3.82. The van der Waals surface area contributed by atoms with Gasteiger partial charge in [-0.15, -0.1) is 0 Å². The van der Waals surface area contributed by atoms with E-state index in [-0.39, 0.29) is 0 Å². The molecule has 0 saturated heterocycles. The van der Waals surface area contributed by atoms with E-state index >= 15 is 0 Å². The van der Waals surface area contributed by atoms with Crippen molar-refractivity contribution in [1.82, 2.24) is 15.3 Å². The molecule has 3 rings (SSSR count). The van der Waals surface area contributed by atoms with Crippen molar-refractivity contribution in [3.63, 3.8) is 0 Å². The second-order valence-corrected chi connectivity index (χ2v) is 7.20. The summed E-state index contributed by atoms with van der Waals surface area (Å²) in [5.41, 5.74) is 3.80. The Morgan fingerprint density at radius 2 is 1.67 bits per heavy atom. The van der Waals surface area contributed by atoms with Crippen molar-refractivity contribution < 1.29 is 0 Å². The van der Waals surface area contributed by atoms with Crippen LogP contribution in [-0.2, 0) is 6.42 Å². The van der Waals surface area contributed by atoms with Crippen LogP contribution in [-0.4, -0.2) is 22.6 Å². The van der Waals surface area contributed by atoms with Crippen molar-refractivity contribution in [2.45, 2.75) is 77.7 Å². The zero-order valence-corrected chi connectivity index (χ0v) is 13.8. The molecule has 1 aromatic heterocycles. The van der Waals surface area contributed by atoms with Gasteiger partial charge in [0.25, 0.3) is 0 Å². The first-order valence-electron chi connectivity index (χ1n) is 8.71. The van der Waals surface area contributed by atoms with Crippen LogP contribution in [0.5, 0.6) is 0 Å². The molecule has 1 atom stereocenters. The molecule has 2 aliphatic rings. The van der Waals surface area contributed by atoms with Crippen molar-refractivity contribution in [2.75, 3.05) is 6.54 Å². The Morgan fingerprint density at radius 3 is 2.24 bits per heavy atom. The first-order valence-corrected chi connectivity index (χ1v) is 8.71. The van der Waals surface area contributed by atoms with Gasteiger partial charge in [0.1, 0.15) is 5.82 Å². The lowest BCUT2D eigenvalue weighted by atomic mass is 9.98. The summed E-state index contributed by atoms with van der Waals surface area (Å²) in [6.07, 6.45) is 9.08. The zero-order chi connectivity index (χ0) is 14.8. The summed E-state index contributed by atoms with van der Waals surface area (Å²) in [7, 11) is 0. The molecule has 0 bridgehead atoms. The van der Waals surface area contributed by atoms with Crippen LogP contribution >= 0.6 is 0 Å². The minimum absolute atomic E-state index is 0.616. The molecule has 2 fully saturated rings. The summed E-state index contributed by atoms with van der Waals surface area (Å²) in [6, 6.07) is 0.802. The Morgan fingerprint density at radius 1 is 1.05 bits per heavy atom. The molecule has 1 heterocycles. The third-order valence-corrected chi connectivity index (χ3v) is 5.04. The Bertz CT molecular complexity index is 464. The minimum Gasteiger partial charge on any atom is -0.314 e. The maximum Gasteiger partial charge on any atom is 0.131 e. The van der Waals surface area contributed by atoms with E-state index in [9.17, 15) is 0 Å². The number of rotatable bonds is 6. The molecule has 21 heavy (non-hydrogen) atoms. The van der Waals surface area contributed by atoms with Gasteiger partial charge in [0, 0.05) is 23.3 Å². The highest BCUT2D eigenvalue weighted by Gasteiger charge is 2.23. The fraction of sp³-hybridized carbons (Fsp3) is 0.778. The lowest BCUT2D eigenvalue weighted by Crippen LogP contribution is -2.25. The van der Waals surface area contributed by atoms with Gasteiger partial charge in [0.05, 0.1) is 0 Å². The molecule has 0 aliphatic heterocycles. The van der Waals surface area contributed by atoms with Gasteiger partial charge < -0.3 is 5.32 Å². The number of hydrogen-bond acceptors (Lipinski definition) is 3. The summed E-state index contributed by atoms with van der Waals surface area (Å²) in [4.78, 5) is 9.69. The maximum atomic E-state index is 4.85. The van der Waals surface area contributed by atoms with Crippen LogP contribution in [0.1, 0.15) is 74.1 Å². The number of hydrogen-bond donors (Lipinski definition) is 1. The fourth-order valence-corrected chi connectivity index (χ4v) is 3.50. The van der Waals surface area contributed by atoms with E-state index in [4.69, 9.17) is 9.97 Å². The number of nitrogens with one attached hydrogen (secondary N) is 1. The lowest BCUT2D eigenvalue weighted by molar-refractivity contribution is 0.504. The standard InChI is InChI=1S/C18H29N3/c1-12(11-19-16-8-9-16)10-17-13(2)20-18(21-14(17)3)15-6-4-5-7-15/h12,15-16,19H,4-11H2,1-3H3. The third-order valence-electron chi connectivity index (χ3n) is 5.04. The van der Waals surface area contributed by atoms with Crippen LogP contribution in [0.4, 0.5) is 0 Å². The van der Waals surface area contributed by atoms with Gasteiger partial charge in [0.15, 0.2) is 0 Å². The van der Waals surface area contributed by atoms with Crippen LogP contribution in [0.15, 0.2) is 0 Å². The predicted molar refractivity (Wildman–Crippen MR) is 86.6 cm³/mol. The molecule has 2 saturated carbocycles. The summed E-state index contributed by atoms with van der Waals surface area (Å²) in [5.74, 6) is 2.38. The molecular weight excluding hydrogens is 258 g/mol. The monoisotopic (exact) mass is 287 g/mol. The molecule has 1 aromatic rings. The number of aryl methyl sites for hydroxylation is 2. The van der Waals surface area contributed by atoms with Crippen molar-refractivity contribution >= 4 is 0 Å². The summed E-state index contributed by atoms with van der Waals surface area (Å²) < 4.78 is 0. The summed E-state index contributed by atoms with van der Waals surface area (Å²) >= 11 is 0. The number of nitrogens with zero attached hydrogens (tertiary/aromatic N) is 2. The molecule has 3 nitrogen and oxygen atoms in total. The van der Waals surface area contributed by atoms with Crippen molar-refractivity contribution in [2.24, 2.45) is 5.92 Å². The van der Waals surface area contributed by atoms with Gasteiger partial charge >= 0.3 is 0 Å². The first kappa shape index (κ1) is 15.0. The van der Waals surface area contributed by atoms with Gasteiger partial charge in [-0.25, -0.2) is 9.97 Å². The fourth-order valence-electron chi connectivity index (χ4n) is 3.50. The highest BCUT2D eigenvalue weighted by atomic mass is 14.9. The second-order valence-electron chi connectivity index (χ2n) is 7.20. The van der Waals surface area contributed by atoms with E-state index in [1.54, 1.807) is 0 Å². The lowest BCUT2D eigenvalue weighted by Gasteiger charge is -2.17. The van der Waals surface area contributed by atoms with Crippen LogP contribution in [0.25, 0.3) is 0 Å². The van der Waals surface area contributed by atoms with E-state index < -0.39 is 0 Å². The predicted octanol–water partition coefficient (Wildman–Crippen LogP) is 3.68. The van der Waals surface area contributed by atoms with E-state index in [0.29, 0.717) is 11.8 Å². The highest BCUT2D eigenvalue weighted by Crippen LogP contribution is 2.32. The molecule has 0 spiro atoms. The quantitative estimate of drug-likeness (QED) is 0.867. The average Bonchev–Trinajstić information content (AvgIpc) is 3.12. The first-order chi connectivity index (χ1) is 10.1. The van der Waals surface area contributed by atoms with Crippen molar-refractivity contribution in [3.05, 3.63) is 22.8 Å². The molecule has 116 valence electrons. The molecule has 3 heteroatoms. The smallest absolute Gasteiger partial charge is 0.131 e. The second kappa shape index (κ2) is 6.43. The molecule has 0 radical (unpaired) electrons. The molecule has 1 unspecified atom stereocenters. The van der Waals surface area contributed by atoms with E-state index in [0.717, 1.165) is 24.8 Å². The van der Waals surface area contributed by atoms with Crippen LogP contribution in [0, 0.1) is 19.8 Å².